The molecule has 0 aliphatic heterocycles. The van der Waals surface area contributed by atoms with Gasteiger partial charge in [-0.2, -0.15) is 0 Å². The van der Waals surface area contributed by atoms with E-state index >= 15 is 0 Å². The highest BCUT2D eigenvalue weighted by molar-refractivity contribution is 5.76. The molecule has 0 aliphatic rings. The Hall–Kier alpha value is -2.82. The second-order valence-electron chi connectivity index (χ2n) is 5.78. The molecule has 1 aromatic heterocycles. The maximum absolute atomic E-state index is 10.8. The van der Waals surface area contributed by atoms with Crippen LogP contribution in [0.25, 0.3) is 11.0 Å². The zero-order valence-electron chi connectivity index (χ0n) is 13.9. The first kappa shape index (κ1) is 16.1. The highest BCUT2D eigenvalue weighted by atomic mass is 16.5. The van der Waals surface area contributed by atoms with E-state index in [2.05, 4.69) is 21.8 Å². The molecule has 2 aromatic carbocycles. The number of fused-ring (bicyclic) bond motifs is 1. The lowest BCUT2D eigenvalue weighted by Gasteiger charge is -2.14. The highest BCUT2D eigenvalue weighted by Crippen LogP contribution is 2.21. The van der Waals surface area contributed by atoms with Crippen LogP contribution >= 0.6 is 0 Å². The Balaban J connectivity index is 1.80. The number of hydrogen-bond acceptors (Lipinski definition) is 3. The number of para-hydroxylation sites is 2. The number of amides is 1. The van der Waals surface area contributed by atoms with Crippen LogP contribution in [0.5, 0.6) is 5.75 Å². The van der Waals surface area contributed by atoms with Crippen molar-refractivity contribution in [2.75, 3.05) is 6.61 Å². The third kappa shape index (κ3) is 3.40. The van der Waals surface area contributed by atoms with Gasteiger partial charge < -0.3 is 14.6 Å². The predicted octanol–water partition coefficient (Wildman–Crippen LogP) is 3.23. The van der Waals surface area contributed by atoms with E-state index in [0.29, 0.717) is 19.6 Å². The van der Waals surface area contributed by atoms with Crippen molar-refractivity contribution in [2.24, 2.45) is 0 Å². The van der Waals surface area contributed by atoms with E-state index in [-0.39, 0.29) is 6.04 Å². The first-order chi connectivity index (χ1) is 11.7. The molecule has 24 heavy (non-hydrogen) atoms. The fraction of sp³-hybridized carbons (Fsp3) is 0.263. The molecule has 1 amide bonds. The van der Waals surface area contributed by atoms with Crippen LogP contribution in [-0.2, 0) is 11.3 Å². The van der Waals surface area contributed by atoms with Crippen molar-refractivity contribution in [2.45, 2.75) is 26.4 Å². The lowest BCUT2D eigenvalue weighted by Crippen LogP contribution is -2.21. The minimum Gasteiger partial charge on any atom is -0.492 e. The van der Waals surface area contributed by atoms with Crippen LogP contribution in [0.4, 0.5) is 0 Å². The van der Waals surface area contributed by atoms with Crippen LogP contribution in [0.3, 0.4) is 0 Å². The summed E-state index contributed by atoms with van der Waals surface area (Å²) < 4.78 is 7.94. The molecule has 1 N–H and O–H groups in total. The summed E-state index contributed by atoms with van der Waals surface area (Å²) in [6.07, 6.45) is 0.706. The zero-order chi connectivity index (χ0) is 16.9. The molecule has 3 rings (SSSR count). The maximum Gasteiger partial charge on any atom is 0.207 e. The monoisotopic (exact) mass is 323 g/mol. The number of nitrogens with one attached hydrogen (secondary N) is 1. The number of aromatic nitrogens is 2. The summed E-state index contributed by atoms with van der Waals surface area (Å²) in [5.74, 6) is 1.68. The number of carbonyl (C=O) groups is 1. The van der Waals surface area contributed by atoms with Gasteiger partial charge in [-0.1, -0.05) is 29.8 Å². The minimum absolute atomic E-state index is 0.158. The zero-order valence-corrected chi connectivity index (χ0v) is 13.9. The number of benzene rings is 2. The van der Waals surface area contributed by atoms with Crippen LogP contribution in [0.15, 0.2) is 48.5 Å². The number of imidazole rings is 1. The summed E-state index contributed by atoms with van der Waals surface area (Å²) in [7, 11) is 0. The van der Waals surface area contributed by atoms with Crippen molar-refractivity contribution in [3.8, 4) is 5.75 Å². The number of hydrogen-bond donors (Lipinski definition) is 1. The molecule has 5 nitrogen and oxygen atoms in total. The second-order valence-corrected chi connectivity index (χ2v) is 5.78. The van der Waals surface area contributed by atoms with Gasteiger partial charge in [0.2, 0.25) is 6.41 Å². The third-order valence-corrected chi connectivity index (χ3v) is 3.99. The third-order valence-electron chi connectivity index (χ3n) is 3.99. The van der Waals surface area contributed by atoms with Gasteiger partial charge in [0.1, 0.15) is 18.2 Å². The SMILES string of the molecule is Cc1ccc(OCCn2c(C(C)NC=O)nc3ccccc32)cc1. The van der Waals surface area contributed by atoms with Crippen molar-refractivity contribution in [1.82, 2.24) is 14.9 Å². The Kier molecular flexibility index (Phi) is 4.79. The number of aryl methyl sites for hydroxylation is 1. The van der Waals surface area contributed by atoms with E-state index in [0.717, 1.165) is 22.6 Å². The molecular weight excluding hydrogens is 302 g/mol. The Morgan fingerprint density at radius 3 is 2.71 bits per heavy atom. The molecule has 1 heterocycles. The van der Waals surface area contributed by atoms with Crippen molar-refractivity contribution >= 4 is 17.4 Å². The van der Waals surface area contributed by atoms with Crippen LogP contribution in [0.2, 0.25) is 0 Å². The Labute approximate surface area is 141 Å². The molecule has 0 bridgehead atoms. The summed E-state index contributed by atoms with van der Waals surface area (Å²) >= 11 is 0. The maximum atomic E-state index is 10.8. The Bertz CT molecular complexity index is 824. The largest absolute Gasteiger partial charge is 0.492 e. The van der Waals surface area contributed by atoms with Gasteiger partial charge in [0.15, 0.2) is 0 Å². The summed E-state index contributed by atoms with van der Waals surface area (Å²) in [5.41, 5.74) is 3.17. The molecule has 124 valence electrons. The van der Waals surface area contributed by atoms with Crippen LogP contribution in [-0.4, -0.2) is 22.6 Å². The van der Waals surface area contributed by atoms with Gasteiger partial charge in [-0.15, -0.1) is 0 Å². The molecule has 3 aromatic rings. The number of carbonyl (C=O) groups excluding carboxylic acids is 1. The molecular formula is C19H21N3O2. The van der Waals surface area contributed by atoms with Gasteiger partial charge >= 0.3 is 0 Å². The van der Waals surface area contributed by atoms with Gasteiger partial charge in [-0.3, -0.25) is 4.79 Å². The smallest absolute Gasteiger partial charge is 0.207 e. The average molecular weight is 323 g/mol. The standard InChI is InChI=1S/C19H21N3O2/c1-14-7-9-16(10-8-14)24-12-11-22-18-6-4-3-5-17(18)21-19(22)15(2)20-13-23/h3-10,13,15H,11-12H2,1-2H3,(H,20,23). The molecule has 0 saturated heterocycles. The molecule has 0 spiro atoms. The summed E-state index contributed by atoms with van der Waals surface area (Å²) in [6, 6.07) is 15.8. The van der Waals surface area contributed by atoms with Gasteiger partial charge in [0.05, 0.1) is 23.6 Å². The van der Waals surface area contributed by atoms with Gasteiger partial charge in [0, 0.05) is 0 Å². The van der Waals surface area contributed by atoms with Crippen molar-refractivity contribution in [3.63, 3.8) is 0 Å². The molecule has 0 fully saturated rings. The number of nitrogens with zero attached hydrogens (tertiary/aromatic N) is 2. The Morgan fingerprint density at radius 1 is 1.21 bits per heavy atom. The summed E-state index contributed by atoms with van der Waals surface area (Å²) in [6.45, 7) is 5.17. The first-order valence-electron chi connectivity index (χ1n) is 8.03. The Morgan fingerprint density at radius 2 is 1.96 bits per heavy atom. The molecule has 5 heteroatoms. The summed E-state index contributed by atoms with van der Waals surface area (Å²) in [5, 5.41) is 2.77. The van der Waals surface area contributed by atoms with Crippen molar-refractivity contribution in [3.05, 3.63) is 59.9 Å². The molecule has 1 atom stereocenters. The van der Waals surface area contributed by atoms with E-state index in [9.17, 15) is 4.79 Å². The molecule has 0 saturated carbocycles. The van der Waals surface area contributed by atoms with E-state index < -0.39 is 0 Å². The molecule has 0 radical (unpaired) electrons. The quantitative estimate of drug-likeness (QED) is 0.679. The van der Waals surface area contributed by atoms with Gasteiger partial charge in [0.25, 0.3) is 0 Å². The van der Waals surface area contributed by atoms with E-state index in [4.69, 9.17) is 4.74 Å². The fourth-order valence-electron chi connectivity index (χ4n) is 2.73. The van der Waals surface area contributed by atoms with Crippen molar-refractivity contribution in [1.29, 1.82) is 0 Å². The fourth-order valence-corrected chi connectivity index (χ4v) is 2.73. The van der Waals surface area contributed by atoms with Gasteiger partial charge in [-0.05, 0) is 38.1 Å². The van der Waals surface area contributed by atoms with Crippen LogP contribution < -0.4 is 10.1 Å². The predicted molar refractivity (Wildman–Crippen MR) is 94.0 cm³/mol. The summed E-state index contributed by atoms with van der Waals surface area (Å²) in [4.78, 5) is 15.4. The van der Waals surface area contributed by atoms with E-state index in [1.54, 1.807) is 0 Å². The minimum atomic E-state index is -0.158. The lowest BCUT2D eigenvalue weighted by atomic mass is 10.2. The second kappa shape index (κ2) is 7.17. The average Bonchev–Trinajstić information content (AvgIpc) is 2.96. The highest BCUT2D eigenvalue weighted by Gasteiger charge is 2.15. The van der Waals surface area contributed by atoms with E-state index in [1.165, 1.54) is 5.56 Å². The van der Waals surface area contributed by atoms with Crippen molar-refractivity contribution < 1.29 is 9.53 Å². The molecule has 0 aliphatic carbocycles. The van der Waals surface area contributed by atoms with Crippen LogP contribution in [0.1, 0.15) is 24.4 Å². The number of ether oxygens (including phenoxy) is 1. The first-order valence-corrected chi connectivity index (χ1v) is 8.03. The number of rotatable bonds is 7. The van der Waals surface area contributed by atoms with Gasteiger partial charge in [-0.25, -0.2) is 4.98 Å². The van der Waals surface area contributed by atoms with Crippen LogP contribution in [0, 0.1) is 6.92 Å². The lowest BCUT2D eigenvalue weighted by molar-refractivity contribution is -0.110. The van der Waals surface area contributed by atoms with E-state index in [1.807, 2.05) is 55.5 Å². The normalized spacial score (nSPS) is 12.1. The topological polar surface area (TPSA) is 56.1 Å². The molecule has 1 unspecified atom stereocenters.